The second-order valence-corrected chi connectivity index (χ2v) is 2.64. The maximum absolute atomic E-state index is 8.51. The van der Waals surface area contributed by atoms with E-state index in [4.69, 9.17) is 15.7 Å². The van der Waals surface area contributed by atoms with Crippen LogP contribution in [0.5, 0.6) is 5.75 Å². The minimum Gasteiger partial charge on any atom is -0.497 e. The molecule has 0 unspecified atom stereocenters. The Bertz CT molecular complexity index is 339. The van der Waals surface area contributed by atoms with Crippen LogP contribution >= 0.6 is 0 Å². The molecule has 0 amide bonds. The van der Waals surface area contributed by atoms with Gasteiger partial charge in [0, 0.05) is 0 Å². The summed E-state index contributed by atoms with van der Waals surface area (Å²) in [4.78, 5) is 0. The zero-order valence-corrected chi connectivity index (χ0v) is 7.61. The molecule has 5 heteroatoms. The molecule has 0 radical (unpaired) electrons. The highest BCUT2D eigenvalue weighted by Gasteiger charge is 2.08. The van der Waals surface area contributed by atoms with E-state index in [1.807, 2.05) is 20.0 Å². The van der Waals surface area contributed by atoms with E-state index < -0.39 is 0 Å². The third-order valence-corrected chi connectivity index (χ3v) is 1.80. The lowest BCUT2D eigenvalue weighted by Crippen LogP contribution is -2.19. The number of hydrogen-bond donors (Lipinski definition) is 2. The molecule has 0 fully saturated rings. The van der Waals surface area contributed by atoms with E-state index in [0.717, 1.165) is 5.46 Å². The van der Waals surface area contributed by atoms with Gasteiger partial charge in [-0.15, -0.1) is 0 Å². The first kappa shape index (κ1) is 9.44. The Hall–Kier alpha value is -1.65. The van der Waals surface area contributed by atoms with Crippen molar-refractivity contribution in [2.45, 2.75) is 0 Å². The topological polar surface area (TPSA) is 67.8 Å². The monoisotopic (exact) mass is 178 g/mol. The molecule has 1 aromatic carbocycles. The molecule has 0 saturated heterocycles. The number of para-hydroxylation sites is 1. The summed E-state index contributed by atoms with van der Waals surface area (Å²) in [6.45, 7) is 0. The van der Waals surface area contributed by atoms with E-state index in [1.54, 1.807) is 13.2 Å². The number of amidine groups is 1. The lowest BCUT2D eigenvalue weighted by atomic mass is 9.92. The van der Waals surface area contributed by atoms with Crippen molar-refractivity contribution in [1.29, 1.82) is 0 Å². The zero-order chi connectivity index (χ0) is 9.84. The highest BCUT2D eigenvalue weighted by atomic mass is 16.5. The first-order valence-electron chi connectivity index (χ1n) is 3.82. The largest absolute Gasteiger partial charge is 0.497 e. The van der Waals surface area contributed by atoms with Gasteiger partial charge in [0.2, 0.25) is 0 Å². The molecule has 68 valence electrons. The molecule has 1 aromatic rings. The molecule has 0 spiro atoms. The van der Waals surface area contributed by atoms with Crippen LogP contribution in [0, 0.1) is 0 Å². The predicted octanol–water partition coefficient (Wildman–Crippen LogP) is -0.952. The summed E-state index contributed by atoms with van der Waals surface area (Å²) in [5.41, 5.74) is 7.01. The van der Waals surface area contributed by atoms with Gasteiger partial charge in [-0.2, -0.15) is 0 Å². The average Bonchev–Trinajstić information content (AvgIpc) is 2.16. The van der Waals surface area contributed by atoms with Gasteiger partial charge in [0.1, 0.15) is 13.6 Å². The summed E-state index contributed by atoms with van der Waals surface area (Å²) in [5.74, 6) is 0.693. The van der Waals surface area contributed by atoms with Gasteiger partial charge in [0.05, 0.1) is 12.7 Å². The van der Waals surface area contributed by atoms with Crippen LogP contribution in [0.2, 0.25) is 0 Å². The van der Waals surface area contributed by atoms with Crippen molar-refractivity contribution in [2.24, 2.45) is 10.9 Å². The van der Waals surface area contributed by atoms with Crippen molar-refractivity contribution in [3.63, 3.8) is 0 Å². The summed E-state index contributed by atoms with van der Waals surface area (Å²) in [6, 6.07) is 5.46. The number of benzene rings is 1. The van der Waals surface area contributed by atoms with Crippen LogP contribution in [-0.2, 0) is 0 Å². The standard InChI is InChI=1S/C8H11BN2O2/c1-13-7-5(8(10)11-12)3-2-4-6(7)9/h2-4,12H,9H2,1H3,(H2,10,11). The van der Waals surface area contributed by atoms with Gasteiger partial charge >= 0.3 is 0 Å². The third-order valence-electron chi connectivity index (χ3n) is 1.80. The Balaban J connectivity index is 3.28. The van der Waals surface area contributed by atoms with E-state index in [-0.39, 0.29) is 5.84 Å². The number of rotatable bonds is 2. The van der Waals surface area contributed by atoms with Crippen LogP contribution in [0.3, 0.4) is 0 Å². The number of nitrogens with zero attached hydrogens (tertiary/aromatic N) is 1. The molecule has 0 atom stereocenters. The molecule has 13 heavy (non-hydrogen) atoms. The van der Waals surface area contributed by atoms with E-state index in [1.165, 1.54) is 0 Å². The molecule has 0 saturated carbocycles. The van der Waals surface area contributed by atoms with E-state index >= 15 is 0 Å². The first-order chi connectivity index (χ1) is 6.20. The molecule has 0 aromatic heterocycles. The van der Waals surface area contributed by atoms with Crippen molar-refractivity contribution < 1.29 is 9.94 Å². The molecular formula is C8H11BN2O2. The summed E-state index contributed by atoms with van der Waals surface area (Å²) in [6.07, 6.45) is 0. The number of hydrogen-bond acceptors (Lipinski definition) is 3. The second-order valence-electron chi connectivity index (χ2n) is 2.64. The summed E-state index contributed by atoms with van der Waals surface area (Å²) in [5, 5.41) is 11.4. The first-order valence-corrected chi connectivity index (χ1v) is 3.82. The Morgan fingerprint density at radius 2 is 2.31 bits per heavy atom. The summed E-state index contributed by atoms with van der Waals surface area (Å²) >= 11 is 0. The highest BCUT2D eigenvalue weighted by Crippen LogP contribution is 2.13. The molecule has 3 N–H and O–H groups in total. The molecule has 0 aliphatic heterocycles. The Kier molecular flexibility index (Phi) is 2.79. The normalized spacial score (nSPS) is 11.3. The Morgan fingerprint density at radius 1 is 1.62 bits per heavy atom. The van der Waals surface area contributed by atoms with Crippen LogP contribution in [0.1, 0.15) is 5.56 Å². The fourth-order valence-corrected chi connectivity index (χ4v) is 1.18. The maximum atomic E-state index is 8.51. The Morgan fingerprint density at radius 3 is 2.85 bits per heavy atom. The fraction of sp³-hybridized carbons (Fsp3) is 0.125. The Labute approximate surface area is 77.4 Å². The van der Waals surface area contributed by atoms with Crippen LogP contribution in [0.15, 0.2) is 23.4 Å². The minimum absolute atomic E-state index is 0.0561. The second kappa shape index (κ2) is 3.84. The lowest BCUT2D eigenvalue weighted by Gasteiger charge is -2.09. The zero-order valence-electron chi connectivity index (χ0n) is 7.61. The lowest BCUT2D eigenvalue weighted by molar-refractivity contribution is 0.318. The predicted molar refractivity (Wildman–Crippen MR) is 53.7 cm³/mol. The maximum Gasteiger partial charge on any atom is 0.173 e. The van der Waals surface area contributed by atoms with Gasteiger partial charge in [-0.3, -0.25) is 0 Å². The smallest absolute Gasteiger partial charge is 0.173 e. The SMILES string of the molecule is Bc1cccc(/C(N)=N\O)c1OC. The van der Waals surface area contributed by atoms with Crippen molar-refractivity contribution in [1.82, 2.24) is 0 Å². The van der Waals surface area contributed by atoms with Crippen LogP contribution in [-0.4, -0.2) is 26.0 Å². The molecule has 4 nitrogen and oxygen atoms in total. The highest BCUT2D eigenvalue weighted by molar-refractivity contribution is 6.35. The average molecular weight is 178 g/mol. The quantitative estimate of drug-likeness (QED) is 0.201. The van der Waals surface area contributed by atoms with Crippen molar-refractivity contribution in [3.05, 3.63) is 23.8 Å². The van der Waals surface area contributed by atoms with Gasteiger partial charge in [0.15, 0.2) is 5.84 Å². The van der Waals surface area contributed by atoms with Gasteiger partial charge < -0.3 is 15.7 Å². The number of oxime groups is 1. The van der Waals surface area contributed by atoms with Crippen LogP contribution in [0.25, 0.3) is 0 Å². The summed E-state index contributed by atoms with van der Waals surface area (Å²) < 4.78 is 5.13. The van der Waals surface area contributed by atoms with Gasteiger partial charge in [-0.25, -0.2) is 0 Å². The van der Waals surface area contributed by atoms with Gasteiger partial charge in [-0.1, -0.05) is 17.3 Å². The van der Waals surface area contributed by atoms with Crippen molar-refractivity contribution in [2.75, 3.05) is 7.11 Å². The third kappa shape index (κ3) is 1.74. The van der Waals surface area contributed by atoms with E-state index in [9.17, 15) is 0 Å². The van der Waals surface area contributed by atoms with Crippen LogP contribution in [0.4, 0.5) is 0 Å². The molecule has 0 aliphatic carbocycles. The van der Waals surface area contributed by atoms with Crippen molar-refractivity contribution >= 4 is 19.1 Å². The van der Waals surface area contributed by atoms with Crippen molar-refractivity contribution in [3.8, 4) is 5.75 Å². The number of ether oxygens (including phenoxy) is 1. The number of methoxy groups -OCH3 is 1. The van der Waals surface area contributed by atoms with E-state index in [0.29, 0.717) is 11.3 Å². The van der Waals surface area contributed by atoms with Gasteiger partial charge in [0.25, 0.3) is 0 Å². The molecule has 1 rings (SSSR count). The van der Waals surface area contributed by atoms with Crippen LogP contribution < -0.4 is 15.9 Å². The summed E-state index contributed by atoms with van der Waals surface area (Å²) in [7, 11) is 3.45. The van der Waals surface area contributed by atoms with E-state index in [2.05, 4.69) is 5.16 Å². The molecule has 0 heterocycles. The molecule has 0 bridgehead atoms. The fourth-order valence-electron chi connectivity index (χ4n) is 1.18. The molecular weight excluding hydrogens is 167 g/mol. The minimum atomic E-state index is 0.0561. The molecule has 0 aliphatic rings. The van der Waals surface area contributed by atoms with Gasteiger partial charge in [-0.05, 0) is 11.5 Å². The number of nitrogens with two attached hydrogens (primary N) is 1.